The molecule has 3 rings (SSSR count). The van der Waals surface area contributed by atoms with Gasteiger partial charge in [0.15, 0.2) is 6.61 Å². The van der Waals surface area contributed by atoms with Gasteiger partial charge in [0, 0.05) is 5.69 Å². The van der Waals surface area contributed by atoms with Crippen LogP contribution in [-0.2, 0) is 14.8 Å². The van der Waals surface area contributed by atoms with Crippen molar-refractivity contribution in [2.75, 3.05) is 16.6 Å². The second kappa shape index (κ2) is 8.96. The largest absolute Gasteiger partial charge is 0.483 e. The van der Waals surface area contributed by atoms with Crippen LogP contribution in [0.5, 0.6) is 5.75 Å². The zero-order valence-electron chi connectivity index (χ0n) is 16.5. The van der Waals surface area contributed by atoms with Crippen LogP contribution in [0.4, 0.5) is 15.8 Å². The number of aryl methyl sites for hydroxylation is 1. The lowest BCUT2D eigenvalue weighted by molar-refractivity contribution is -0.118. The number of para-hydroxylation sites is 1. The van der Waals surface area contributed by atoms with Gasteiger partial charge in [-0.25, -0.2) is 12.8 Å². The first kappa shape index (κ1) is 21.3. The highest BCUT2D eigenvalue weighted by Gasteiger charge is 2.16. The normalized spacial score (nSPS) is 11.0. The number of hydrogen-bond acceptors (Lipinski definition) is 4. The summed E-state index contributed by atoms with van der Waals surface area (Å²) in [6.45, 7) is 3.69. The van der Waals surface area contributed by atoms with Crippen LogP contribution in [0.1, 0.15) is 11.1 Å². The minimum Gasteiger partial charge on any atom is -0.483 e. The van der Waals surface area contributed by atoms with Crippen molar-refractivity contribution in [3.05, 3.63) is 83.7 Å². The number of carbonyl (C=O) groups is 1. The van der Waals surface area contributed by atoms with Crippen molar-refractivity contribution in [1.29, 1.82) is 0 Å². The molecule has 3 aromatic carbocycles. The van der Waals surface area contributed by atoms with Gasteiger partial charge >= 0.3 is 0 Å². The molecule has 1 amide bonds. The summed E-state index contributed by atoms with van der Waals surface area (Å²) in [5, 5.41) is 2.64. The summed E-state index contributed by atoms with van der Waals surface area (Å²) in [6, 6.07) is 16.6. The van der Waals surface area contributed by atoms with Gasteiger partial charge in [-0.15, -0.1) is 0 Å². The van der Waals surface area contributed by atoms with Gasteiger partial charge in [0.05, 0.1) is 10.6 Å². The summed E-state index contributed by atoms with van der Waals surface area (Å²) in [6.07, 6.45) is 0. The quantitative estimate of drug-likeness (QED) is 0.589. The van der Waals surface area contributed by atoms with Gasteiger partial charge in [-0.3, -0.25) is 9.52 Å². The van der Waals surface area contributed by atoms with Crippen molar-refractivity contribution >= 4 is 27.3 Å². The molecule has 0 aliphatic rings. The van der Waals surface area contributed by atoms with Crippen LogP contribution in [0.3, 0.4) is 0 Å². The molecule has 0 atom stereocenters. The molecule has 0 aliphatic carbocycles. The molecular formula is C22H21FN2O4S. The maximum absolute atomic E-state index is 13.7. The smallest absolute Gasteiger partial charge is 0.262 e. The molecule has 3 aromatic rings. The number of rotatable bonds is 7. The second-order valence-corrected chi connectivity index (χ2v) is 8.33. The second-order valence-electron chi connectivity index (χ2n) is 6.64. The van der Waals surface area contributed by atoms with Gasteiger partial charge in [0.1, 0.15) is 11.6 Å². The molecule has 156 valence electrons. The molecule has 0 radical (unpaired) electrons. The Balaban J connectivity index is 1.62. The lowest BCUT2D eigenvalue weighted by Gasteiger charge is -2.12. The fourth-order valence-corrected chi connectivity index (χ4v) is 3.75. The average molecular weight is 428 g/mol. The van der Waals surface area contributed by atoms with Gasteiger partial charge in [-0.05, 0) is 67.4 Å². The van der Waals surface area contributed by atoms with Gasteiger partial charge in [-0.1, -0.05) is 24.3 Å². The zero-order valence-corrected chi connectivity index (χ0v) is 17.3. The van der Waals surface area contributed by atoms with Gasteiger partial charge in [0.2, 0.25) is 0 Å². The van der Waals surface area contributed by atoms with E-state index in [2.05, 4.69) is 10.0 Å². The Kier molecular flexibility index (Phi) is 6.37. The molecule has 0 spiro atoms. The molecule has 6 nitrogen and oxygen atoms in total. The van der Waals surface area contributed by atoms with Gasteiger partial charge in [-0.2, -0.15) is 0 Å². The Morgan fingerprint density at radius 1 is 0.967 bits per heavy atom. The molecule has 0 heterocycles. The predicted molar refractivity (Wildman–Crippen MR) is 114 cm³/mol. The maximum Gasteiger partial charge on any atom is 0.262 e. The van der Waals surface area contributed by atoms with Crippen molar-refractivity contribution in [2.45, 2.75) is 18.7 Å². The van der Waals surface area contributed by atoms with Gasteiger partial charge in [0.25, 0.3) is 15.9 Å². The fraction of sp³-hybridized carbons (Fsp3) is 0.136. The number of carbonyl (C=O) groups excluding carboxylic acids is 1. The summed E-state index contributed by atoms with van der Waals surface area (Å²) < 4.78 is 46.3. The average Bonchev–Trinajstić information content (AvgIpc) is 2.71. The molecule has 0 bridgehead atoms. The summed E-state index contributed by atoms with van der Waals surface area (Å²) in [7, 11) is -3.96. The molecule has 0 aromatic heterocycles. The summed E-state index contributed by atoms with van der Waals surface area (Å²) >= 11 is 0. The van der Waals surface area contributed by atoms with Gasteiger partial charge < -0.3 is 10.1 Å². The molecule has 8 heteroatoms. The highest BCUT2D eigenvalue weighted by molar-refractivity contribution is 7.92. The van der Waals surface area contributed by atoms with E-state index in [1.54, 1.807) is 6.07 Å². The standard InChI is InChI=1S/C22H21FN2O4S/c1-15-6-5-9-21(16(15)2)29-14-22(26)24-17-10-12-18(13-11-17)30(27,28)25-20-8-4-3-7-19(20)23/h3-13,25H,14H2,1-2H3,(H,24,26). The van der Waals surface area contributed by atoms with E-state index in [-0.39, 0.29) is 23.1 Å². The SMILES string of the molecule is Cc1cccc(OCC(=O)Nc2ccc(S(=O)(=O)Nc3ccccc3F)cc2)c1C. The highest BCUT2D eigenvalue weighted by Crippen LogP contribution is 2.22. The third kappa shape index (κ3) is 5.15. The molecule has 0 unspecified atom stereocenters. The van der Waals surface area contributed by atoms with E-state index in [4.69, 9.17) is 4.74 Å². The number of anilines is 2. The molecule has 0 fully saturated rings. The van der Waals surface area contributed by atoms with E-state index in [1.807, 2.05) is 26.0 Å². The Bertz CT molecular complexity index is 1160. The number of halogens is 1. The van der Waals surface area contributed by atoms with Crippen LogP contribution >= 0.6 is 0 Å². The number of ether oxygens (including phenoxy) is 1. The van der Waals surface area contributed by atoms with E-state index in [9.17, 15) is 17.6 Å². The van der Waals surface area contributed by atoms with E-state index >= 15 is 0 Å². The zero-order chi connectivity index (χ0) is 21.7. The van der Waals surface area contributed by atoms with Crippen LogP contribution in [-0.4, -0.2) is 20.9 Å². The lowest BCUT2D eigenvalue weighted by Crippen LogP contribution is -2.20. The van der Waals surface area contributed by atoms with Crippen molar-refractivity contribution < 1.29 is 22.3 Å². The third-order valence-electron chi connectivity index (χ3n) is 4.48. The molecular weight excluding hydrogens is 407 g/mol. The highest BCUT2D eigenvalue weighted by atomic mass is 32.2. The first-order valence-corrected chi connectivity index (χ1v) is 10.6. The number of amides is 1. The summed E-state index contributed by atoms with van der Waals surface area (Å²) in [4.78, 5) is 12.1. The third-order valence-corrected chi connectivity index (χ3v) is 5.86. The van der Waals surface area contributed by atoms with Crippen molar-refractivity contribution in [1.82, 2.24) is 0 Å². The van der Waals surface area contributed by atoms with Crippen molar-refractivity contribution in [3.8, 4) is 5.75 Å². The van der Waals surface area contributed by atoms with E-state index in [0.717, 1.165) is 17.2 Å². The molecule has 0 aliphatic heterocycles. The Morgan fingerprint density at radius 2 is 1.67 bits per heavy atom. The number of nitrogens with one attached hydrogen (secondary N) is 2. The number of hydrogen-bond donors (Lipinski definition) is 2. The summed E-state index contributed by atoms with van der Waals surface area (Å²) in [5.74, 6) is -0.421. The minimum absolute atomic E-state index is 0.0598. The topological polar surface area (TPSA) is 84.5 Å². The lowest BCUT2D eigenvalue weighted by atomic mass is 10.1. The first-order chi connectivity index (χ1) is 14.3. The fourth-order valence-electron chi connectivity index (χ4n) is 2.69. The van der Waals surface area contributed by atoms with Crippen LogP contribution in [0.2, 0.25) is 0 Å². The minimum atomic E-state index is -3.96. The van der Waals surface area contributed by atoms with Crippen LogP contribution in [0.25, 0.3) is 0 Å². The van der Waals surface area contributed by atoms with E-state index < -0.39 is 15.8 Å². The Morgan fingerprint density at radius 3 is 2.37 bits per heavy atom. The van der Waals surface area contributed by atoms with E-state index in [1.165, 1.54) is 42.5 Å². The van der Waals surface area contributed by atoms with Crippen LogP contribution < -0.4 is 14.8 Å². The van der Waals surface area contributed by atoms with Crippen LogP contribution in [0.15, 0.2) is 71.6 Å². The number of benzene rings is 3. The molecule has 30 heavy (non-hydrogen) atoms. The molecule has 0 saturated heterocycles. The predicted octanol–water partition coefficient (Wildman–Crippen LogP) is 4.26. The summed E-state index contributed by atoms with van der Waals surface area (Å²) in [5.41, 5.74) is 2.30. The Hall–Kier alpha value is -3.39. The van der Waals surface area contributed by atoms with Crippen molar-refractivity contribution in [2.24, 2.45) is 0 Å². The maximum atomic E-state index is 13.7. The molecule has 0 saturated carbocycles. The monoisotopic (exact) mass is 428 g/mol. The Labute approximate surface area is 174 Å². The van der Waals surface area contributed by atoms with Crippen molar-refractivity contribution in [3.63, 3.8) is 0 Å². The first-order valence-electron chi connectivity index (χ1n) is 9.12. The molecule has 2 N–H and O–H groups in total. The van der Waals surface area contributed by atoms with E-state index in [0.29, 0.717) is 11.4 Å². The van der Waals surface area contributed by atoms with Crippen LogP contribution in [0, 0.1) is 19.7 Å². The number of sulfonamides is 1.